The summed E-state index contributed by atoms with van der Waals surface area (Å²) in [4.78, 5) is 30.4. The van der Waals surface area contributed by atoms with Crippen LogP contribution in [0.25, 0.3) is 0 Å². The zero-order valence-corrected chi connectivity index (χ0v) is 14.2. The Morgan fingerprint density at radius 3 is 2.79 bits per heavy atom. The van der Waals surface area contributed by atoms with Gasteiger partial charge in [0.1, 0.15) is 0 Å². The molecule has 2 amide bonds. The molecule has 0 radical (unpaired) electrons. The largest absolute Gasteiger partial charge is 0.336 e. The molecule has 0 spiro atoms. The Morgan fingerprint density at radius 2 is 2.08 bits per heavy atom. The van der Waals surface area contributed by atoms with Crippen LogP contribution < -0.4 is 5.32 Å². The topological polar surface area (TPSA) is 62.3 Å². The highest BCUT2D eigenvalue weighted by molar-refractivity contribution is 6.42. The molecule has 7 heteroatoms. The zero-order valence-electron chi connectivity index (χ0n) is 12.7. The fourth-order valence-electron chi connectivity index (χ4n) is 2.61. The van der Waals surface area contributed by atoms with E-state index in [0.29, 0.717) is 28.8 Å². The lowest BCUT2D eigenvalue weighted by Crippen LogP contribution is -2.28. The molecule has 2 heterocycles. The second-order valence-electron chi connectivity index (χ2n) is 5.61. The van der Waals surface area contributed by atoms with Crippen molar-refractivity contribution in [2.75, 3.05) is 11.9 Å². The van der Waals surface area contributed by atoms with Gasteiger partial charge in [-0.15, -0.1) is 0 Å². The zero-order chi connectivity index (χ0) is 17.1. The van der Waals surface area contributed by atoms with Gasteiger partial charge >= 0.3 is 0 Å². The first kappa shape index (κ1) is 16.7. The third-order valence-electron chi connectivity index (χ3n) is 3.85. The molecule has 1 aromatic heterocycles. The van der Waals surface area contributed by atoms with E-state index in [4.69, 9.17) is 23.2 Å². The Morgan fingerprint density at radius 1 is 1.25 bits per heavy atom. The van der Waals surface area contributed by atoms with Gasteiger partial charge in [0.25, 0.3) is 0 Å². The van der Waals surface area contributed by atoms with Gasteiger partial charge in [-0.3, -0.25) is 14.6 Å². The maximum atomic E-state index is 12.4. The summed E-state index contributed by atoms with van der Waals surface area (Å²) in [5, 5.41) is 3.57. The minimum Gasteiger partial charge on any atom is -0.336 e. The van der Waals surface area contributed by atoms with E-state index in [1.165, 1.54) is 0 Å². The Labute approximate surface area is 149 Å². The van der Waals surface area contributed by atoms with Crippen LogP contribution in [0.15, 0.2) is 42.6 Å². The smallest absolute Gasteiger partial charge is 0.229 e. The summed E-state index contributed by atoms with van der Waals surface area (Å²) in [6.45, 7) is 0.790. The number of amides is 2. The van der Waals surface area contributed by atoms with Crippen molar-refractivity contribution in [3.8, 4) is 0 Å². The van der Waals surface area contributed by atoms with Crippen LogP contribution in [-0.2, 0) is 16.1 Å². The van der Waals surface area contributed by atoms with Gasteiger partial charge in [-0.05, 0) is 30.3 Å². The SMILES string of the molecule is O=C(Nc1ccc(Cl)c(Cl)c1)C1CC(=O)N(Cc2ccccn2)C1. The molecule has 1 fully saturated rings. The van der Waals surface area contributed by atoms with Gasteiger partial charge in [-0.1, -0.05) is 29.3 Å². The number of halogens is 2. The van der Waals surface area contributed by atoms with E-state index in [9.17, 15) is 9.59 Å². The average molecular weight is 364 g/mol. The van der Waals surface area contributed by atoms with E-state index in [-0.39, 0.29) is 18.2 Å². The summed E-state index contributed by atoms with van der Waals surface area (Å²) < 4.78 is 0. The van der Waals surface area contributed by atoms with Crippen LogP contribution in [-0.4, -0.2) is 28.2 Å². The van der Waals surface area contributed by atoms with E-state index in [2.05, 4.69) is 10.3 Å². The molecule has 5 nitrogen and oxygen atoms in total. The van der Waals surface area contributed by atoms with Crippen molar-refractivity contribution in [1.29, 1.82) is 0 Å². The van der Waals surface area contributed by atoms with Gasteiger partial charge < -0.3 is 10.2 Å². The second-order valence-corrected chi connectivity index (χ2v) is 6.43. The number of hydrogen-bond acceptors (Lipinski definition) is 3. The number of aromatic nitrogens is 1. The Kier molecular flexibility index (Phi) is 5.02. The molecule has 1 aliphatic heterocycles. The van der Waals surface area contributed by atoms with Gasteiger partial charge in [0.05, 0.1) is 28.2 Å². The lowest BCUT2D eigenvalue weighted by molar-refractivity contribution is -0.128. The van der Waals surface area contributed by atoms with Crippen LogP contribution in [0.3, 0.4) is 0 Å². The summed E-state index contributed by atoms with van der Waals surface area (Å²) in [6, 6.07) is 10.4. The van der Waals surface area contributed by atoms with Gasteiger partial charge in [-0.2, -0.15) is 0 Å². The van der Waals surface area contributed by atoms with Crippen molar-refractivity contribution in [2.24, 2.45) is 5.92 Å². The maximum absolute atomic E-state index is 12.4. The van der Waals surface area contributed by atoms with Crippen LogP contribution in [0, 0.1) is 5.92 Å². The highest BCUT2D eigenvalue weighted by Crippen LogP contribution is 2.26. The van der Waals surface area contributed by atoms with Crippen molar-refractivity contribution >= 4 is 40.7 Å². The summed E-state index contributed by atoms with van der Waals surface area (Å²) in [5.41, 5.74) is 1.36. The van der Waals surface area contributed by atoms with Crippen molar-refractivity contribution in [3.05, 3.63) is 58.3 Å². The van der Waals surface area contributed by atoms with Gasteiger partial charge in [0.2, 0.25) is 11.8 Å². The summed E-state index contributed by atoms with van der Waals surface area (Å²) in [6.07, 6.45) is 1.88. The van der Waals surface area contributed by atoms with Gasteiger partial charge in [-0.25, -0.2) is 0 Å². The van der Waals surface area contributed by atoms with Crippen molar-refractivity contribution in [2.45, 2.75) is 13.0 Å². The molecule has 1 aliphatic rings. The monoisotopic (exact) mass is 363 g/mol. The average Bonchev–Trinajstić information content (AvgIpc) is 2.93. The van der Waals surface area contributed by atoms with Crippen LogP contribution in [0.5, 0.6) is 0 Å². The number of nitrogens with one attached hydrogen (secondary N) is 1. The summed E-state index contributed by atoms with van der Waals surface area (Å²) in [7, 11) is 0. The van der Waals surface area contributed by atoms with Crippen LogP contribution >= 0.6 is 23.2 Å². The van der Waals surface area contributed by atoms with Gasteiger partial charge in [0, 0.05) is 24.8 Å². The lowest BCUT2D eigenvalue weighted by Gasteiger charge is -2.16. The molecule has 0 bridgehead atoms. The molecule has 1 N–H and O–H groups in total. The first-order valence-corrected chi connectivity index (χ1v) is 8.22. The standard InChI is InChI=1S/C17H15Cl2N3O2/c18-14-5-4-12(8-15(14)19)21-17(24)11-7-16(23)22(9-11)10-13-3-1-2-6-20-13/h1-6,8,11H,7,9-10H2,(H,21,24). The Balaban J connectivity index is 1.62. The van der Waals surface area contributed by atoms with E-state index in [1.807, 2.05) is 18.2 Å². The number of carbonyl (C=O) groups excluding carboxylic acids is 2. The fourth-order valence-corrected chi connectivity index (χ4v) is 2.90. The summed E-state index contributed by atoms with van der Waals surface area (Å²) >= 11 is 11.8. The second kappa shape index (κ2) is 7.20. The molecule has 0 aliphatic carbocycles. The number of carbonyl (C=O) groups is 2. The minimum atomic E-state index is -0.393. The molecular formula is C17H15Cl2N3O2. The first-order chi connectivity index (χ1) is 11.5. The first-order valence-electron chi connectivity index (χ1n) is 7.46. The molecule has 1 unspecified atom stereocenters. The van der Waals surface area contributed by atoms with Crippen molar-refractivity contribution in [1.82, 2.24) is 9.88 Å². The van der Waals surface area contributed by atoms with E-state index >= 15 is 0 Å². The van der Waals surface area contributed by atoms with Crippen molar-refractivity contribution in [3.63, 3.8) is 0 Å². The molecule has 124 valence electrons. The third-order valence-corrected chi connectivity index (χ3v) is 4.59. The van der Waals surface area contributed by atoms with E-state index in [0.717, 1.165) is 5.69 Å². The number of likely N-dealkylation sites (tertiary alicyclic amines) is 1. The van der Waals surface area contributed by atoms with Crippen LogP contribution in [0.2, 0.25) is 10.0 Å². The molecule has 3 rings (SSSR count). The summed E-state index contributed by atoms with van der Waals surface area (Å²) in [5.74, 6) is -0.643. The lowest BCUT2D eigenvalue weighted by atomic mass is 10.1. The molecular weight excluding hydrogens is 349 g/mol. The number of rotatable bonds is 4. The number of pyridine rings is 1. The van der Waals surface area contributed by atoms with Crippen molar-refractivity contribution < 1.29 is 9.59 Å². The van der Waals surface area contributed by atoms with E-state index in [1.54, 1.807) is 29.3 Å². The highest BCUT2D eigenvalue weighted by Gasteiger charge is 2.34. The Bertz CT molecular complexity index is 768. The number of anilines is 1. The molecule has 24 heavy (non-hydrogen) atoms. The molecule has 1 aromatic carbocycles. The van der Waals surface area contributed by atoms with Crippen LogP contribution in [0.1, 0.15) is 12.1 Å². The quantitative estimate of drug-likeness (QED) is 0.905. The maximum Gasteiger partial charge on any atom is 0.229 e. The molecule has 0 saturated carbocycles. The Hall–Kier alpha value is -2.11. The fraction of sp³-hybridized carbons (Fsp3) is 0.235. The van der Waals surface area contributed by atoms with Gasteiger partial charge in [0.15, 0.2) is 0 Å². The molecule has 1 saturated heterocycles. The van der Waals surface area contributed by atoms with E-state index < -0.39 is 5.92 Å². The predicted octanol–water partition coefficient (Wildman–Crippen LogP) is 3.38. The third kappa shape index (κ3) is 3.86. The van der Waals surface area contributed by atoms with Crippen LogP contribution in [0.4, 0.5) is 5.69 Å². The number of nitrogens with zero attached hydrogens (tertiary/aromatic N) is 2. The normalized spacial score (nSPS) is 17.2. The molecule has 2 aromatic rings. The minimum absolute atomic E-state index is 0.0464. The molecule has 1 atom stereocenters. The number of benzene rings is 1. The highest BCUT2D eigenvalue weighted by atomic mass is 35.5. The number of hydrogen-bond donors (Lipinski definition) is 1. The predicted molar refractivity (Wildman–Crippen MR) is 92.9 cm³/mol.